The summed E-state index contributed by atoms with van der Waals surface area (Å²) in [4.78, 5) is 21.9. The van der Waals surface area contributed by atoms with Gasteiger partial charge in [0.25, 0.3) is 0 Å². The van der Waals surface area contributed by atoms with Crippen LogP contribution in [0.3, 0.4) is 0 Å². The van der Waals surface area contributed by atoms with E-state index in [1.54, 1.807) is 24.3 Å². The molecule has 2 aromatic carbocycles. The molecule has 0 saturated carbocycles. The first kappa shape index (κ1) is 15.0. The molecule has 1 heterocycles. The predicted molar refractivity (Wildman–Crippen MR) is 86.4 cm³/mol. The molecule has 0 aliphatic carbocycles. The maximum absolute atomic E-state index is 11.3. The molecule has 1 aliphatic rings. The summed E-state index contributed by atoms with van der Waals surface area (Å²) in [6.45, 7) is 1.22. The van der Waals surface area contributed by atoms with E-state index in [0.717, 1.165) is 16.7 Å². The van der Waals surface area contributed by atoms with Crippen LogP contribution in [-0.4, -0.2) is 17.3 Å². The first-order valence-electron chi connectivity index (χ1n) is 7.25. The minimum Gasteiger partial charge on any atom is -0.478 e. The van der Waals surface area contributed by atoms with Gasteiger partial charge in [-0.2, -0.15) is 0 Å². The summed E-state index contributed by atoms with van der Waals surface area (Å²) in [7, 11) is 0. The Morgan fingerprint density at radius 1 is 1.17 bits per heavy atom. The van der Waals surface area contributed by atoms with Gasteiger partial charge in [-0.25, -0.2) is 0 Å². The van der Waals surface area contributed by atoms with Gasteiger partial charge in [-0.3, -0.25) is 14.9 Å². The minimum absolute atomic E-state index is 0.00772. The highest BCUT2D eigenvalue weighted by Gasteiger charge is 2.27. The fourth-order valence-corrected chi connectivity index (χ4v) is 2.62. The van der Waals surface area contributed by atoms with E-state index in [2.05, 4.69) is 0 Å². The zero-order valence-corrected chi connectivity index (χ0v) is 12.6. The van der Waals surface area contributed by atoms with E-state index in [1.807, 2.05) is 30.3 Å². The van der Waals surface area contributed by atoms with Crippen LogP contribution in [0.4, 0.5) is 0 Å². The summed E-state index contributed by atoms with van der Waals surface area (Å²) in [6, 6.07) is 14.5. The Hall–Kier alpha value is -2.95. The van der Waals surface area contributed by atoms with Crippen LogP contribution in [0.2, 0.25) is 0 Å². The number of rotatable bonds is 4. The fraction of sp³-hybridized carbons (Fsp3) is 0.167. The van der Waals surface area contributed by atoms with Gasteiger partial charge in [0.15, 0.2) is 11.9 Å². The normalized spacial score (nSPS) is 16.0. The van der Waals surface area contributed by atoms with Gasteiger partial charge in [0.2, 0.25) is 6.54 Å². The van der Waals surface area contributed by atoms with Crippen LogP contribution < -0.4 is 0 Å². The first-order valence-corrected chi connectivity index (χ1v) is 7.25. The van der Waals surface area contributed by atoms with Gasteiger partial charge in [0.1, 0.15) is 5.76 Å². The molecule has 23 heavy (non-hydrogen) atoms. The number of nitro groups is 1. The fourth-order valence-electron chi connectivity index (χ4n) is 2.62. The smallest absolute Gasteiger partial charge is 0.244 e. The third-order valence-corrected chi connectivity index (χ3v) is 3.79. The monoisotopic (exact) mass is 309 g/mol. The lowest BCUT2D eigenvalue weighted by Gasteiger charge is -2.24. The summed E-state index contributed by atoms with van der Waals surface area (Å²) in [5, 5.41) is 10.9. The molecule has 0 saturated heterocycles. The number of ketones is 1. The second-order valence-electron chi connectivity index (χ2n) is 5.39. The van der Waals surface area contributed by atoms with Gasteiger partial charge in [-0.05, 0) is 18.6 Å². The van der Waals surface area contributed by atoms with Crippen LogP contribution in [0.15, 0.2) is 48.5 Å². The van der Waals surface area contributed by atoms with Crippen molar-refractivity contribution in [2.24, 2.45) is 0 Å². The van der Waals surface area contributed by atoms with E-state index in [-0.39, 0.29) is 17.3 Å². The van der Waals surface area contributed by atoms with Crippen LogP contribution in [0.5, 0.6) is 0 Å². The van der Waals surface area contributed by atoms with Gasteiger partial charge in [-0.1, -0.05) is 48.5 Å². The number of carbonyl (C=O) groups is 1. The van der Waals surface area contributed by atoms with Crippen molar-refractivity contribution < 1.29 is 14.5 Å². The van der Waals surface area contributed by atoms with Gasteiger partial charge in [0, 0.05) is 21.6 Å². The van der Waals surface area contributed by atoms with Crippen LogP contribution in [0, 0.1) is 10.1 Å². The standard InChI is InChI=1S/C18H15NO4/c1-12(20)13-6-8-14(9-7-13)17-10-15-4-2-3-5-16(15)18(23-17)11-19(21)22/h2-10,18H,11H2,1H3. The highest BCUT2D eigenvalue weighted by atomic mass is 16.6. The number of Topliss-reactive ketones (excluding diaryl/α,β-unsaturated/α-hetero) is 1. The molecule has 0 fully saturated rings. The Bertz CT molecular complexity index is 793. The molecule has 2 aromatic rings. The highest BCUT2D eigenvalue weighted by molar-refractivity contribution is 5.94. The van der Waals surface area contributed by atoms with E-state index in [9.17, 15) is 14.9 Å². The van der Waals surface area contributed by atoms with Crippen molar-refractivity contribution in [2.75, 3.05) is 6.54 Å². The zero-order chi connectivity index (χ0) is 16.4. The number of ether oxygens (including phenoxy) is 1. The van der Waals surface area contributed by atoms with Crippen molar-refractivity contribution in [3.05, 3.63) is 80.9 Å². The second-order valence-corrected chi connectivity index (χ2v) is 5.39. The number of nitrogens with zero attached hydrogens (tertiary/aromatic N) is 1. The average molecular weight is 309 g/mol. The van der Waals surface area contributed by atoms with Gasteiger partial charge in [0.05, 0.1) is 0 Å². The van der Waals surface area contributed by atoms with Crippen molar-refractivity contribution in [3.63, 3.8) is 0 Å². The molecule has 1 unspecified atom stereocenters. The second kappa shape index (κ2) is 6.04. The van der Waals surface area contributed by atoms with E-state index >= 15 is 0 Å². The minimum atomic E-state index is -0.617. The molecule has 0 spiro atoms. The van der Waals surface area contributed by atoms with Crippen LogP contribution in [0.1, 0.15) is 40.1 Å². The molecule has 1 aliphatic heterocycles. The van der Waals surface area contributed by atoms with Gasteiger partial charge >= 0.3 is 0 Å². The molecule has 0 N–H and O–H groups in total. The van der Waals surface area contributed by atoms with Crippen LogP contribution in [0.25, 0.3) is 11.8 Å². The maximum atomic E-state index is 11.3. The first-order chi connectivity index (χ1) is 11.0. The highest BCUT2D eigenvalue weighted by Crippen LogP contribution is 2.35. The maximum Gasteiger partial charge on any atom is 0.244 e. The number of hydrogen-bond donors (Lipinski definition) is 0. The number of hydrogen-bond acceptors (Lipinski definition) is 4. The molecule has 0 amide bonds. The molecular weight excluding hydrogens is 294 g/mol. The molecule has 3 rings (SSSR count). The largest absolute Gasteiger partial charge is 0.478 e. The average Bonchev–Trinajstić information content (AvgIpc) is 2.54. The number of fused-ring (bicyclic) bond motifs is 1. The lowest BCUT2D eigenvalue weighted by Crippen LogP contribution is -2.18. The topological polar surface area (TPSA) is 69.4 Å². The van der Waals surface area contributed by atoms with E-state index in [4.69, 9.17) is 4.74 Å². The van der Waals surface area contributed by atoms with Crippen molar-refractivity contribution in [1.82, 2.24) is 0 Å². The molecule has 0 radical (unpaired) electrons. The molecule has 5 nitrogen and oxygen atoms in total. The van der Waals surface area contributed by atoms with Crippen molar-refractivity contribution in [3.8, 4) is 0 Å². The summed E-state index contributed by atoms with van der Waals surface area (Å²) >= 11 is 0. The molecule has 116 valence electrons. The molecular formula is C18H15NO4. The van der Waals surface area contributed by atoms with Crippen molar-refractivity contribution in [2.45, 2.75) is 13.0 Å². The molecule has 0 aromatic heterocycles. The lowest BCUT2D eigenvalue weighted by atomic mass is 9.97. The Morgan fingerprint density at radius 2 is 1.87 bits per heavy atom. The Balaban J connectivity index is 1.98. The predicted octanol–water partition coefficient (Wildman–Crippen LogP) is 3.74. The third-order valence-electron chi connectivity index (χ3n) is 3.79. The summed E-state index contributed by atoms with van der Waals surface area (Å²) in [6.07, 6.45) is 1.25. The van der Waals surface area contributed by atoms with Gasteiger partial charge < -0.3 is 4.74 Å². The summed E-state index contributed by atoms with van der Waals surface area (Å²) < 4.78 is 5.84. The van der Waals surface area contributed by atoms with Crippen LogP contribution >= 0.6 is 0 Å². The zero-order valence-electron chi connectivity index (χ0n) is 12.6. The Kier molecular flexibility index (Phi) is 3.93. The van der Waals surface area contributed by atoms with Gasteiger partial charge in [-0.15, -0.1) is 0 Å². The SMILES string of the molecule is CC(=O)c1ccc(C2=Cc3ccccc3C(C[N+](=O)[O-])O2)cc1. The summed E-state index contributed by atoms with van der Waals surface area (Å²) in [5.41, 5.74) is 3.13. The Morgan fingerprint density at radius 3 is 2.52 bits per heavy atom. The lowest BCUT2D eigenvalue weighted by molar-refractivity contribution is -0.491. The third kappa shape index (κ3) is 3.13. The van der Waals surface area contributed by atoms with Crippen molar-refractivity contribution in [1.29, 1.82) is 0 Å². The van der Waals surface area contributed by atoms with E-state index in [0.29, 0.717) is 11.3 Å². The van der Waals surface area contributed by atoms with E-state index < -0.39 is 6.10 Å². The van der Waals surface area contributed by atoms with E-state index in [1.165, 1.54) is 6.92 Å². The molecule has 1 atom stereocenters. The van der Waals surface area contributed by atoms with Crippen LogP contribution in [-0.2, 0) is 4.74 Å². The molecule has 0 bridgehead atoms. The molecule has 5 heteroatoms. The summed E-state index contributed by atoms with van der Waals surface area (Å²) in [5.74, 6) is 0.567. The van der Waals surface area contributed by atoms with Crippen molar-refractivity contribution >= 4 is 17.6 Å². The quantitative estimate of drug-likeness (QED) is 0.490. The Labute approximate surface area is 133 Å². The number of carbonyl (C=O) groups excluding carboxylic acids is 1. The number of benzene rings is 2.